The van der Waals surface area contributed by atoms with Crippen LogP contribution in [0.15, 0.2) is 105 Å². The lowest BCUT2D eigenvalue weighted by atomic mass is 9.84. The van der Waals surface area contributed by atoms with Gasteiger partial charge in [-0.05, 0) is 55.3 Å². The van der Waals surface area contributed by atoms with Crippen LogP contribution in [0.1, 0.15) is 31.1 Å². The number of amides is 3. The molecule has 0 radical (unpaired) electrons. The fourth-order valence-electron chi connectivity index (χ4n) is 4.36. The number of rotatable bonds is 6. The average Bonchev–Trinajstić information content (AvgIpc) is 3.55. The molecule has 36 heavy (non-hydrogen) atoms. The topological polar surface area (TPSA) is 95.7 Å². The summed E-state index contributed by atoms with van der Waals surface area (Å²) in [4.78, 5) is 31.1. The van der Waals surface area contributed by atoms with Crippen molar-refractivity contribution >= 4 is 40.1 Å². The highest BCUT2D eigenvalue weighted by atomic mass is 32.2. The van der Waals surface area contributed by atoms with Crippen molar-refractivity contribution in [3.8, 4) is 0 Å². The van der Waals surface area contributed by atoms with Gasteiger partial charge in [0.25, 0.3) is 5.91 Å². The Bertz CT molecular complexity index is 1370. The van der Waals surface area contributed by atoms with Gasteiger partial charge in [0.15, 0.2) is 0 Å². The number of nitrogens with one attached hydrogen (secondary N) is 3. The normalized spacial score (nSPS) is 16.9. The molecular weight excluding hydrogens is 472 g/mol. The highest BCUT2D eigenvalue weighted by molar-refractivity contribution is 8.15. The Labute approximate surface area is 213 Å². The van der Waals surface area contributed by atoms with Crippen LogP contribution >= 0.6 is 11.8 Å². The van der Waals surface area contributed by atoms with Crippen molar-refractivity contribution in [3.63, 3.8) is 0 Å². The first-order valence-electron chi connectivity index (χ1n) is 11.8. The molecule has 0 saturated carbocycles. The van der Waals surface area contributed by atoms with E-state index in [1.807, 2.05) is 67.6 Å². The Morgan fingerprint density at radius 2 is 1.72 bits per heavy atom. The van der Waals surface area contributed by atoms with Crippen LogP contribution in [0.4, 0.5) is 16.2 Å². The standard InChI is InChI=1S/C28H26N4O3S/c1-3-18-11-13-20(14-12-18)31-28(34)32-21-16-36-27-24(21)25(22-10-7-15-35-22)23(17(2)29-27)26(33)30-19-8-5-4-6-9-19/h4-15,25H,3,16H2,1-2H3,(H,30,33)(H2,31,32,34). The number of allylic oxidation sites excluding steroid dienone is 1. The van der Waals surface area contributed by atoms with Crippen molar-refractivity contribution in [3.05, 3.63) is 107 Å². The number of hydrogen-bond donors (Lipinski definition) is 3. The summed E-state index contributed by atoms with van der Waals surface area (Å²) in [5.74, 6) is 0.402. The zero-order valence-corrected chi connectivity index (χ0v) is 20.8. The summed E-state index contributed by atoms with van der Waals surface area (Å²) in [7, 11) is 0. The monoisotopic (exact) mass is 498 g/mol. The van der Waals surface area contributed by atoms with Crippen LogP contribution < -0.4 is 16.0 Å². The molecule has 3 amide bonds. The minimum Gasteiger partial charge on any atom is -0.468 e. The predicted octanol–water partition coefficient (Wildman–Crippen LogP) is 6.07. The highest BCUT2D eigenvalue weighted by Crippen LogP contribution is 2.46. The maximum atomic E-state index is 13.5. The second-order valence-electron chi connectivity index (χ2n) is 8.50. The molecule has 3 aromatic rings. The summed E-state index contributed by atoms with van der Waals surface area (Å²) in [6.07, 6.45) is 2.52. The van der Waals surface area contributed by atoms with Gasteiger partial charge in [-0.25, -0.2) is 9.79 Å². The van der Waals surface area contributed by atoms with Crippen LogP contribution in [0.2, 0.25) is 0 Å². The Hall–Kier alpha value is -4.04. The van der Waals surface area contributed by atoms with Gasteiger partial charge in [-0.2, -0.15) is 0 Å². The molecule has 0 saturated heterocycles. The number of carbonyl (C=O) groups excluding carboxylic acids is 2. The fourth-order valence-corrected chi connectivity index (χ4v) is 5.47. The largest absolute Gasteiger partial charge is 0.468 e. The number of para-hydroxylation sites is 1. The molecule has 3 heterocycles. The van der Waals surface area contributed by atoms with Crippen LogP contribution in [-0.4, -0.2) is 22.7 Å². The number of hydrogen-bond acceptors (Lipinski definition) is 5. The van der Waals surface area contributed by atoms with E-state index >= 15 is 0 Å². The van der Waals surface area contributed by atoms with Gasteiger partial charge >= 0.3 is 6.03 Å². The number of fused-ring (bicyclic) bond motifs is 1. The second kappa shape index (κ2) is 10.3. The first kappa shape index (κ1) is 23.7. The molecule has 0 aliphatic carbocycles. The van der Waals surface area contributed by atoms with Gasteiger partial charge in [0.1, 0.15) is 10.8 Å². The predicted molar refractivity (Wildman–Crippen MR) is 144 cm³/mol. The maximum absolute atomic E-state index is 13.5. The third-order valence-electron chi connectivity index (χ3n) is 6.13. The van der Waals surface area contributed by atoms with Gasteiger partial charge in [0.2, 0.25) is 0 Å². The van der Waals surface area contributed by atoms with Crippen molar-refractivity contribution in [2.75, 3.05) is 16.4 Å². The lowest BCUT2D eigenvalue weighted by Gasteiger charge is -2.26. The fraction of sp³-hybridized carbons (Fsp3) is 0.179. The Balaban J connectivity index is 1.46. The molecule has 1 unspecified atom stereocenters. The molecule has 0 fully saturated rings. The molecule has 0 bridgehead atoms. The lowest BCUT2D eigenvalue weighted by molar-refractivity contribution is -0.113. The van der Waals surface area contributed by atoms with Gasteiger partial charge in [-0.1, -0.05) is 49.0 Å². The lowest BCUT2D eigenvalue weighted by Crippen LogP contribution is -2.31. The van der Waals surface area contributed by atoms with E-state index in [0.717, 1.165) is 17.0 Å². The Morgan fingerprint density at radius 1 is 0.972 bits per heavy atom. The van der Waals surface area contributed by atoms with E-state index in [4.69, 9.17) is 9.41 Å². The van der Waals surface area contributed by atoms with Crippen LogP contribution in [0, 0.1) is 0 Å². The van der Waals surface area contributed by atoms with Crippen LogP contribution in [0.5, 0.6) is 0 Å². The van der Waals surface area contributed by atoms with E-state index in [-0.39, 0.29) is 11.9 Å². The number of anilines is 2. The molecule has 5 rings (SSSR count). The van der Waals surface area contributed by atoms with Crippen molar-refractivity contribution in [1.29, 1.82) is 0 Å². The Morgan fingerprint density at radius 3 is 2.42 bits per heavy atom. The van der Waals surface area contributed by atoms with Crippen molar-refractivity contribution in [2.24, 2.45) is 4.99 Å². The highest BCUT2D eigenvalue weighted by Gasteiger charge is 2.40. The number of benzene rings is 2. The van der Waals surface area contributed by atoms with Gasteiger partial charge < -0.3 is 20.4 Å². The quantitative estimate of drug-likeness (QED) is 0.384. The number of thioether (sulfide) groups is 1. The third-order valence-corrected chi connectivity index (χ3v) is 7.15. The molecule has 8 heteroatoms. The summed E-state index contributed by atoms with van der Waals surface area (Å²) in [5, 5.41) is 9.66. The van der Waals surface area contributed by atoms with Crippen molar-refractivity contribution in [2.45, 2.75) is 26.2 Å². The molecule has 182 valence electrons. The minimum absolute atomic E-state index is 0.257. The summed E-state index contributed by atoms with van der Waals surface area (Å²) >= 11 is 1.54. The maximum Gasteiger partial charge on any atom is 0.323 e. The average molecular weight is 499 g/mol. The zero-order valence-electron chi connectivity index (χ0n) is 20.0. The number of aliphatic imine (C=N–C) groups is 1. The molecule has 2 aliphatic rings. The molecule has 1 atom stereocenters. The SMILES string of the molecule is CCc1ccc(NC(=O)NC2=C3C(=NC(C)=C(C(=O)Nc4ccccc4)C3c3ccco3)SC2)cc1. The smallest absolute Gasteiger partial charge is 0.323 e. The van der Waals surface area contributed by atoms with E-state index in [1.54, 1.807) is 12.3 Å². The molecule has 2 aliphatic heterocycles. The summed E-state index contributed by atoms with van der Waals surface area (Å²) < 4.78 is 5.79. The third kappa shape index (κ3) is 4.85. The first-order chi connectivity index (χ1) is 17.5. The Kier molecular flexibility index (Phi) is 6.77. The summed E-state index contributed by atoms with van der Waals surface area (Å²) in [6, 6.07) is 20.4. The van der Waals surface area contributed by atoms with E-state index in [9.17, 15) is 9.59 Å². The number of urea groups is 1. The second-order valence-corrected chi connectivity index (χ2v) is 9.46. The summed E-state index contributed by atoms with van der Waals surface area (Å²) in [6.45, 7) is 3.92. The molecule has 1 aromatic heterocycles. The van der Waals surface area contributed by atoms with E-state index in [1.165, 1.54) is 17.3 Å². The molecular formula is C28H26N4O3S. The molecule has 7 nitrogen and oxygen atoms in total. The first-order valence-corrected chi connectivity index (χ1v) is 12.7. The van der Waals surface area contributed by atoms with Gasteiger partial charge in [0.05, 0.1) is 17.8 Å². The number of nitrogens with zero attached hydrogens (tertiary/aromatic N) is 1. The molecule has 3 N–H and O–H groups in total. The van der Waals surface area contributed by atoms with E-state index < -0.39 is 5.92 Å². The van der Waals surface area contributed by atoms with Crippen LogP contribution in [-0.2, 0) is 11.2 Å². The molecule has 2 aromatic carbocycles. The van der Waals surface area contributed by atoms with Gasteiger partial charge in [0, 0.05) is 34.1 Å². The van der Waals surface area contributed by atoms with Crippen LogP contribution in [0.25, 0.3) is 0 Å². The minimum atomic E-state index is -0.495. The number of aryl methyl sites for hydroxylation is 1. The van der Waals surface area contributed by atoms with Crippen LogP contribution in [0.3, 0.4) is 0 Å². The number of furan rings is 1. The van der Waals surface area contributed by atoms with E-state index in [0.29, 0.717) is 39.9 Å². The van der Waals surface area contributed by atoms with Crippen molar-refractivity contribution in [1.82, 2.24) is 5.32 Å². The molecule has 0 spiro atoms. The number of carbonyl (C=O) groups is 2. The zero-order chi connectivity index (χ0) is 25.1. The van der Waals surface area contributed by atoms with Crippen molar-refractivity contribution < 1.29 is 14.0 Å². The van der Waals surface area contributed by atoms with Gasteiger partial charge in [-0.3, -0.25) is 4.79 Å². The van der Waals surface area contributed by atoms with Gasteiger partial charge in [-0.15, -0.1) is 0 Å². The summed E-state index contributed by atoms with van der Waals surface area (Å²) in [5.41, 5.74) is 5.21. The van der Waals surface area contributed by atoms with E-state index in [2.05, 4.69) is 22.9 Å².